The van der Waals surface area contributed by atoms with Gasteiger partial charge in [-0.05, 0) is 11.5 Å². The second-order valence-corrected chi connectivity index (χ2v) is 3.54. The van der Waals surface area contributed by atoms with Crippen molar-refractivity contribution in [2.45, 2.75) is 0 Å². The van der Waals surface area contributed by atoms with Crippen molar-refractivity contribution < 1.29 is 4.79 Å². The zero-order chi connectivity index (χ0) is 9.26. The molecule has 0 saturated heterocycles. The second kappa shape index (κ2) is 3.26. The highest BCUT2D eigenvalue weighted by molar-refractivity contribution is 9.10. The van der Waals surface area contributed by atoms with Crippen LogP contribution in [0.25, 0.3) is 10.8 Å². The zero-order valence-corrected chi connectivity index (χ0v) is 8.28. The lowest BCUT2D eigenvalue weighted by Gasteiger charge is -2.00. The number of pyridine rings is 1. The lowest BCUT2D eigenvalue weighted by molar-refractivity contribution is 0.112. The molecule has 0 bridgehead atoms. The highest BCUT2D eigenvalue weighted by Gasteiger charge is 2.01. The minimum atomic E-state index is 0.624. The van der Waals surface area contributed by atoms with E-state index in [1.165, 1.54) is 0 Å². The maximum absolute atomic E-state index is 10.7. The fraction of sp³-hybridized carbons (Fsp3) is 0. The highest BCUT2D eigenvalue weighted by Crippen LogP contribution is 2.24. The monoisotopic (exact) mass is 235 g/mol. The number of hydrogen-bond donors (Lipinski definition) is 0. The average Bonchev–Trinajstić information content (AvgIpc) is 2.18. The highest BCUT2D eigenvalue weighted by atomic mass is 79.9. The summed E-state index contributed by atoms with van der Waals surface area (Å²) in [5, 5.41) is 1.89. The molecule has 1 heterocycles. The molecule has 0 fully saturated rings. The van der Waals surface area contributed by atoms with Crippen molar-refractivity contribution in [2.75, 3.05) is 0 Å². The molecule has 0 saturated carbocycles. The maximum Gasteiger partial charge on any atom is 0.152 e. The van der Waals surface area contributed by atoms with Gasteiger partial charge in [0.1, 0.15) is 0 Å². The Bertz CT molecular complexity index is 467. The van der Waals surface area contributed by atoms with Gasteiger partial charge >= 0.3 is 0 Å². The van der Waals surface area contributed by atoms with Crippen LogP contribution >= 0.6 is 15.9 Å². The van der Waals surface area contributed by atoms with Crippen molar-refractivity contribution in [3.63, 3.8) is 0 Å². The van der Waals surface area contributed by atoms with E-state index in [-0.39, 0.29) is 0 Å². The predicted molar refractivity (Wildman–Crippen MR) is 54.8 cm³/mol. The first-order valence-corrected chi connectivity index (χ1v) is 4.59. The van der Waals surface area contributed by atoms with E-state index in [1.54, 1.807) is 12.4 Å². The molecule has 0 aliphatic heterocycles. The lowest BCUT2D eigenvalue weighted by atomic mass is 10.1. The van der Waals surface area contributed by atoms with E-state index in [1.807, 2.05) is 18.2 Å². The molecule has 0 N–H and O–H groups in total. The van der Waals surface area contributed by atoms with Crippen LogP contribution in [0.5, 0.6) is 0 Å². The molecule has 2 rings (SSSR count). The third kappa shape index (κ3) is 1.35. The normalized spacial score (nSPS) is 10.2. The lowest BCUT2D eigenvalue weighted by Crippen LogP contribution is -1.85. The fourth-order valence-electron chi connectivity index (χ4n) is 1.28. The van der Waals surface area contributed by atoms with Crippen molar-refractivity contribution in [1.29, 1.82) is 0 Å². The first-order valence-electron chi connectivity index (χ1n) is 3.80. The van der Waals surface area contributed by atoms with E-state index in [2.05, 4.69) is 20.9 Å². The van der Waals surface area contributed by atoms with E-state index in [0.717, 1.165) is 21.5 Å². The summed E-state index contributed by atoms with van der Waals surface area (Å²) in [5.74, 6) is 0. The minimum Gasteiger partial charge on any atom is -0.298 e. The van der Waals surface area contributed by atoms with Crippen LogP contribution in [0.1, 0.15) is 10.4 Å². The molecular formula is C10H6BrNO. The molecular weight excluding hydrogens is 230 g/mol. The maximum atomic E-state index is 10.7. The summed E-state index contributed by atoms with van der Waals surface area (Å²) >= 11 is 3.40. The smallest absolute Gasteiger partial charge is 0.152 e. The van der Waals surface area contributed by atoms with E-state index >= 15 is 0 Å². The van der Waals surface area contributed by atoms with Gasteiger partial charge in [-0.15, -0.1) is 0 Å². The number of carbonyl (C=O) groups excluding carboxylic acids is 1. The van der Waals surface area contributed by atoms with Gasteiger partial charge in [0.15, 0.2) is 6.29 Å². The average molecular weight is 236 g/mol. The third-order valence-electron chi connectivity index (χ3n) is 1.91. The Labute approximate surface area is 83.7 Å². The number of fused-ring (bicyclic) bond motifs is 1. The van der Waals surface area contributed by atoms with E-state index in [4.69, 9.17) is 0 Å². The minimum absolute atomic E-state index is 0.624. The topological polar surface area (TPSA) is 30.0 Å². The van der Waals surface area contributed by atoms with Crippen LogP contribution in [0.2, 0.25) is 0 Å². The molecule has 0 unspecified atom stereocenters. The molecule has 1 aromatic carbocycles. The molecule has 2 nitrogen and oxygen atoms in total. The number of aldehydes is 1. The number of benzene rings is 1. The summed E-state index contributed by atoms with van der Waals surface area (Å²) < 4.78 is 0.959. The quantitative estimate of drug-likeness (QED) is 0.712. The van der Waals surface area contributed by atoms with Crippen molar-refractivity contribution in [2.24, 2.45) is 0 Å². The first kappa shape index (κ1) is 8.38. The summed E-state index contributed by atoms with van der Waals surface area (Å²) in [7, 11) is 0. The SMILES string of the molecule is O=Cc1cncc2c(Br)cccc12. The van der Waals surface area contributed by atoms with E-state index in [0.29, 0.717) is 5.56 Å². The number of rotatable bonds is 1. The standard InChI is InChI=1S/C10H6BrNO/c11-10-3-1-2-8-7(6-13)4-12-5-9(8)10/h1-6H. The number of halogens is 1. The molecule has 13 heavy (non-hydrogen) atoms. The summed E-state index contributed by atoms with van der Waals surface area (Å²) in [4.78, 5) is 14.7. The van der Waals surface area contributed by atoms with Gasteiger partial charge in [-0.25, -0.2) is 0 Å². The van der Waals surface area contributed by atoms with Crippen molar-refractivity contribution in [3.8, 4) is 0 Å². The predicted octanol–water partition coefficient (Wildman–Crippen LogP) is 2.81. The Kier molecular flexibility index (Phi) is 2.10. The van der Waals surface area contributed by atoms with Gasteiger partial charge in [0.25, 0.3) is 0 Å². The number of aromatic nitrogens is 1. The van der Waals surface area contributed by atoms with Gasteiger partial charge in [-0.2, -0.15) is 0 Å². The van der Waals surface area contributed by atoms with Crippen molar-refractivity contribution in [3.05, 3.63) is 40.6 Å². The van der Waals surface area contributed by atoms with Gasteiger partial charge in [-0.3, -0.25) is 9.78 Å². The Morgan fingerprint density at radius 3 is 2.85 bits per heavy atom. The summed E-state index contributed by atoms with van der Waals surface area (Å²) in [5.41, 5.74) is 0.624. The number of nitrogens with zero attached hydrogens (tertiary/aromatic N) is 1. The Balaban J connectivity index is 2.92. The molecule has 0 spiro atoms. The Morgan fingerprint density at radius 2 is 2.08 bits per heavy atom. The molecule has 0 aliphatic carbocycles. The zero-order valence-electron chi connectivity index (χ0n) is 6.70. The number of carbonyl (C=O) groups is 1. The van der Waals surface area contributed by atoms with E-state index < -0.39 is 0 Å². The van der Waals surface area contributed by atoms with Crippen LogP contribution in [-0.4, -0.2) is 11.3 Å². The number of hydrogen-bond acceptors (Lipinski definition) is 2. The Morgan fingerprint density at radius 1 is 1.23 bits per heavy atom. The molecule has 1 aromatic heterocycles. The summed E-state index contributed by atoms with van der Waals surface area (Å²) in [6, 6.07) is 5.74. The summed E-state index contributed by atoms with van der Waals surface area (Å²) in [6.07, 6.45) is 4.13. The van der Waals surface area contributed by atoms with Crippen molar-refractivity contribution >= 4 is 33.0 Å². The van der Waals surface area contributed by atoms with Gasteiger partial charge in [-0.1, -0.05) is 28.1 Å². The molecule has 0 aliphatic rings. The first-order chi connectivity index (χ1) is 6.33. The third-order valence-corrected chi connectivity index (χ3v) is 2.60. The van der Waals surface area contributed by atoms with Crippen LogP contribution in [0.15, 0.2) is 35.1 Å². The van der Waals surface area contributed by atoms with Crippen LogP contribution < -0.4 is 0 Å². The van der Waals surface area contributed by atoms with Crippen LogP contribution in [0.3, 0.4) is 0 Å². The van der Waals surface area contributed by atoms with Crippen molar-refractivity contribution in [1.82, 2.24) is 4.98 Å². The molecule has 64 valence electrons. The summed E-state index contributed by atoms with van der Waals surface area (Å²) in [6.45, 7) is 0. The van der Waals surface area contributed by atoms with Gasteiger partial charge in [0.2, 0.25) is 0 Å². The van der Waals surface area contributed by atoms with Crippen LogP contribution in [0, 0.1) is 0 Å². The van der Waals surface area contributed by atoms with Gasteiger partial charge in [0, 0.05) is 27.8 Å². The van der Waals surface area contributed by atoms with Gasteiger partial charge < -0.3 is 0 Å². The second-order valence-electron chi connectivity index (χ2n) is 2.68. The molecule has 3 heteroatoms. The van der Waals surface area contributed by atoms with Gasteiger partial charge in [0.05, 0.1) is 0 Å². The van der Waals surface area contributed by atoms with Crippen LogP contribution in [0.4, 0.5) is 0 Å². The largest absolute Gasteiger partial charge is 0.298 e. The van der Waals surface area contributed by atoms with Crippen LogP contribution in [-0.2, 0) is 0 Å². The fourth-order valence-corrected chi connectivity index (χ4v) is 1.74. The van der Waals surface area contributed by atoms with E-state index in [9.17, 15) is 4.79 Å². The molecule has 0 atom stereocenters. The Hall–Kier alpha value is -1.22. The molecule has 0 amide bonds. The molecule has 2 aromatic rings. The molecule has 0 radical (unpaired) electrons.